The number of carbonyl (C=O) groups excluding carboxylic acids is 1. The number of nitrogen functional groups attached to an aromatic ring is 1. The summed E-state index contributed by atoms with van der Waals surface area (Å²) in [6.45, 7) is -1.59. The second kappa shape index (κ2) is 5.42. The van der Waals surface area contributed by atoms with E-state index >= 15 is 0 Å². The molecular weight excluding hydrogens is 239 g/mol. The number of hydrogen-bond acceptors (Lipinski definition) is 4. The fourth-order valence-corrected chi connectivity index (χ4v) is 1.13. The van der Waals surface area contributed by atoms with Gasteiger partial charge in [0.1, 0.15) is 17.1 Å². The number of benzene rings is 1. The van der Waals surface area contributed by atoms with Crippen molar-refractivity contribution in [3.8, 4) is 5.75 Å². The van der Waals surface area contributed by atoms with Gasteiger partial charge in [-0.1, -0.05) is 0 Å². The van der Waals surface area contributed by atoms with Gasteiger partial charge in [0.15, 0.2) is 0 Å². The average Bonchev–Trinajstić information content (AvgIpc) is 2.22. The van der Waals surface area contributed by atoms with Gasteiger partial charge in [-0.15, -0.1) is 0 Å². The molecule has 1 aromatic carbocycles. The Bertz CT molecular complexity index is 424. The summed E-state index contributed by atoms with van der Waals surface area (Å²) in [5, 5.41) is 0. The summed E-state index contributed by atoms with van der Waals surface area (Å²) in [4.78, 5) is 11.4. The van der Waals surface area contributed by atoms with Gasteiger partial charge in [-0.25, -0.2) is 9.18 Å². The number of halogens is 3. The average molecular weight is 249 g/mol. The molecule has 1 aromatic rings. The highest BCUT2D eigenvalue weighted by molar-refractivity contribution is 5.93. The minimum atomic E-state index is -3.17. The Kier molecular flexibility index (Phi) is 4.19. The lowest BCUT2D eigenvalue weighted by atomic mass is 10.1. The molecule has 0 aliphatic rings. The summed E-state index contributed by atoms with van der Waals surface area (Å²) in [6, 6.07) is 1.51. The molecular formula is C10H10F3NO3. The van der Waals surface area contributed by atoms with Crippen molar-refractivity contribution < 1.29 is 27.4 Å². The van der Waals surface area contributed by atoms with Gasteiger partial charge >= 0.3 is 12.6 Å². The molecule has 4 nitrogen and oxygen atoms in total. The molecule has 0 radical (unpaired) electrons. The smallest absolute Gasteiger partial charge is 0.387 e. The van der Waals surface area contributed by atoms with Crippen molar-refractivity contribution in [1.82, 2.24) is 0 Å². The maximum atomic E-state index is 13.1. The Hall–Kier alpha value is -1.92. The zero-order valence-corrected chi connectivity index (χ0v) is 8.88. The summed E-state index contributed by atoms with van der Waals surface area (Å²) in [6.07, 6.45) is 0. The van der Waals surface area contributed by atoms with Crippen molar-refractivity contribution in [2.45, 2.75) is 13.5 Å². The maximum absolute atomic E-state index is 13.1. The van der Waals surface area contributed by atoms with Gasteiger partial charge in [0.05, 0.1) is 12.3 Å². The van der Waals surface area contributed by atoms with Crippen LogP contribution in [0.5, 0.6) is 5.75 Å². The first-order chi connectivity index (χ1) is 7.95. The van der Waals surface area contributed by atoms with E-state index in [-0.39, 0.29) is 17.9 Å². The van der Waals surface area contributed by atoms with E-state index in [2.05, 4.69) is 9.47 Å². The lowest BCUT2D eigenvalue weighted by molar-refractivity contribution is -0.0505. The second-order valence-corrected chi connectivity index (χ2v) is 2.97. The summed E-state index contributed by atoms with van der Waals surface area (Å²) < 4.78 is 45.8. The number of hydrogen-bond donors (Lipinski definition) is 1. The summed E-state index contributed by atoms with van der Waals surface area (Å²) in [5.41, 5.74) is 4.53. The molecule has 1 rings (SSSR count). The third-order valence-electron chi connectivity index (χ3n) is 1.81. The lowest BCUT2D eigenvalue weighted by Crippen LogP contribution is -2.12. The van der Waals surface area contributed by atoms with E-state index in [4.69, 9.17) is 5.73 Å². The molecule has 0 amide bonds. The van der Waals surface area contributed by atoms with Crippen LogP contribution in [-0.2, 0) is 4.74 Å². The Morgan fingerprint density at radius 3 is 2.65 bits per heavy atom. The minimum absolute atomic E-state index is 0.0459. The van der Waals surface area contributed by atoms with Gasteiger partial charge in [-0.2, -0.15) is 8.78 Å². The van der Waals surface area contributed by atoms with Crippen molar-refractivity contribution >= 4 is 11.7 Å². The van der Waals surface area contributed by atoms with E-state index < -0.39 is 24.1 Å². The van der Waals surface area contributed by atoms with Crippen LogP contribution in [0.3, 0.4) is 0 Å². The zero-order valence-electron chi connectivity index (χ0n) is 8.88. The van der Waals surface area contributed by atoms with E-state index in [0.29, 0.717) is 6.07 Å². The first-order valence-corrected chi connectivity index (χ1v) is 4.66. The van der Waals surface area contributed by atoms with Crippen molar-refractivity contribution in [2.24, 2.45) is 0 Å². The molecule has 0 fully saturated rings. The predicted octanol–water partition coefficient (Wildman–Crippen LogP) is 2.19. The van der Waals surface area contributed by atoms with E-state index in [1.807, 2.05) is 0 Å². The number of rotatable bonds is 4. The van der Waals surface area contributed by atoms with Gasteiger partial charge in [-0.05, 0) is 13.0 Å². The molecule has 0 unspecified atom stereocenters. The van der Waals surface area contributed by atoms with Crippen molar-refractivity contribution in [3.63, 3.8) is 0 Å². The summed E-state index contributed by atoms with van der Waals surface area (Å²) >= 11 is 0. The van der Waals surface area contributed by atoms with Crippen LogP contribution in [0, 0.1) is 5.82 Å². The maximum Gasteiger partial charge on any atom is 0.387 e. The van der Waals surface area contributed by atoms with Crippen LogP contribution in [0.4, 0.5) is 18.9 Å². The molecule has 0 spiro atoms. The van der Waals surface area contributed by atoms with Crippen molar-refractivity contribution in [1.29, 1.82) is 0 Å². The van der Waals surface area contributed by atoms with Crippen LogP contribution in [-0.4, -0.2) is 19.2 Å². The predicted molar refractivity (Wildman–Crippen MR) is 53.4 cm³/mol. The Morgan fingerprint density at radius 2 is 2.12 bits per heavy atom. The number of alkyl halides is 2. The number of anilines is 1. The SMILES string of the molecule is CCOC(=O)c1cc(N)c(F)cc1OC(F)F. The van der Waals surface area contributed by atoms with Crippen LogP contribution < -0.4 is 10.5 Å². The number of carbonyl (C=O) groups is 1. The van der Waals surface area contributed by atoms with Gasteiger partial charge < -0.3 is 15.2 Å². The third-order valence-corrected chi connectivity index (χ3v) is 1.81. The number of nitrogens with two attached hydrogens (primary N) is 1. The number of ether oxygens (including phenoxy) is 2. The van der Waals surface area contributed by atoms with Crippen molar-refractivity contribution in [3.05, 3.63) is 23.5 Å². The lowest BCUT2D eigenvalue weighted by Gasteiger charge is -2.11. The summed E-state index contributed by atoms with van der Waals surface area (Å²) in [7, 11) is 0. The first-order valence-electron chi connectivity index (χ1n) is 4.66. The third kappa shape index (κ3) is 3.27. The Labute approximate surface area is 95.1 Å². The molecule has 0 saturated carbocycles. The Balaban J connectivity index is 3.15. The highest BCUT2D eigenvalue weighted by Crippen LogP contribution is 2.26. The van der Waals surface area contributed by atoms with E-state index in [9.17, 15) is 18.0 Å². The first kappa shape index (κ1) is 13.1. The van der Waals surface area contributed by atoms with Gasteiger partial charge in [0, 0.05) is 6.07 Å². The van der Waals surface area contributed by atoms with Crippen LogP contribution in [0.25, 0.3) is 0 Å². The standard InChI is InChI=1S/C10H10F3NO3/c1-2-16-9(15)5-3-7(14)6(11)4-8(5)17-10(12)13/h3-4,10H,2,14H2,1H3. The monoisotopic (exact) mass is 249 g/mol. The molecule has 0 aromatic heterocycles. The van der Waals surface area contributed by atoms with Gasteiger partial charge in [-0.3, -0.25) is 0 Å². The largest absolute Gasteiger partial charge is 0.462 e. The molecule has 17 heavy (non-hydrogen) atoms. The highest BCUT2D eigenvalue weighted by Gasteiger charge is 2.19. The molecule has 0 heterocycles. The molecule has 0 aliphatic carbocycles. The zero-order chi connectivity index (χ0) is 13.0. The second-order valence-electron chi connectivity index (χ2n) is 2.97. The molecule has 0 atom stereocenters. The molecule has 94 valence electrons. The van der Waals surface area contributed by atoms with Crippen molar-refractivity contribution in [2.75, 3.05) is 12.3 Å². The van der Waals surface area contributed by atoms with E-state index in [1.165, 1.54) is 0 Å². The fraction of sp³-hybridized carbons (Fsp3) is 0.300. The van der Waals surface area contributed by atoms with Gasteiger partial charge in [0.25, 0.3) is 0 Å². The van der Waals surface area contributed by atoms with Gasteiger partial charge in [0.2, 0.25) is 0 Å². The molecule has 0 saturated heterocycles. The Morgan fingerprint density at radius 1 is 1.47 bits per heavy atom. The molecule has 7 heteroatoms. The van der Waals surface area contributed by atoms with Crippen LogP contribution in [0.15, 0.2) is 12.1 Å². The quantitative estimate of drug-likeness (QED) is 0.656. The van der Waals surface area contributed by atoms with Crippen LogP contribution in [0.2, 0.25) is 0 Å². The number of esters is 1. The molecule has 0 aliphatic heterocycles. The fourth-order valence-electron chi connectivity index (χ4n) is 1.13. The summed E-state index contributed by atoms with van der Waals surface area (Å²) in [5.74, 6) is -2.46. The van der Waals surface area contributed by atoms with Crippen LogP contribution in [0.1, 0.15) is 17.3 Å². The molecule has 0 bridgehead atoms. The van der Waals surface area contributed by atoms with Crippen LogP contribution >= 0.6 is 0 Å². The van der Waals surface area contributed by atoms with E-state index in [0.717, 1.165) is 6.07 Å². The highest BCUT2D eigenvalue weighted by atomic mass is 19.3. The minimum Gasteiger partial charge on any atom is -0.462 e. The normalized spacial score (nSPS) is 10.4. The topological polar surface area (TPSA) is 61.5 Å². The molecule has 2 N–H and O–H groups in total. The van der Waals surface area contributed by atoms with E-state index in [1.54, 1.807) is 6.92 Å².